The van der Waals surface area contributed by atoms with Crippen molar-refractivity contribution in [2.24, 2.45) is 7.05 Å². The molecule has 1 aliphatic heterocycles. The Kier molecular flexibility index (Phi) is 2.74. The molecule has 0 radical (unpaired) electrons. The molecule has 1 aliphatic rings. The topological polar surface area (TPSA) is 24.3 Å². The van der Waals surface area contributed by atoms with Crippen molar-refractivity contribution in [1.82, 2.24) is 14.5 Å². The summed E-state index contributed by atoms with van der Waals surface area (Å²) in [4.78, 5) is 9.43. The minimum atomic E-state index is 1.07. The SMILES string of the molecule is Cc1nc2cc(N3CCN(C)CC3)ccc2n1C. The van der Waals surface area contributed by atoms with Crippen molar-refractivity contribution in [2.45, 2.75) is 6.92 Å². The number of rotatable bonds is 1. The van der Waals surface area contributed by atoms with Gasteiger partial charge >= 0.3 is 0 Å². The summed E-state index contributed by atoms with van der Waals surface area (Å²) in [6.45, 7) is 6.54. The predicted molar refractivity (Wildman–Crippen MR) is 75.2 cm³/mol. The van der Waals surface area contributed by atoms with Gasteiger partial charge in [0.2, 0.25) is 0 Å². The van der Waals surface area contributed by atoms with E-state index in [1.807, 2.05) is 0 Å². The molecular formula is C14H20N4. The highest BCUT2D eigenvalue weighted by molar-refractivity contribution is 5.80. The number of hydrogen-bond donors (Lipinski definition) is 0. The summed E-state index contributed by atoms with van der Waals surface area (Å²) in [5.41, 5.74) is 3.62. The quantitative estimate of drug-likeness (QED) is 0.762. The number of aryl methyl sites for hydroxylation is 2. The van der Waals surface area contributed by atoms with E-state index in [-0.39, 0.29) is 0 Å². The van der Waals surface area contributed by atoms with Crippen molar-refractivity contribution in [2.75, 3.05) is 38.1 Å². The van der Waals surface area contributed by atoms with Crippen molar-refractivity contribution in [3.05, 3.63) is 24.0 Å². The Labute approximate surface area is 108 Å². The van der Waals surface area contributed by atoms with E-state index in [1.54, 1.807) is 0 Å². The molecule has 3 rings (SSSR count). The molecule has 0 spiro atoms. The van der Waals surface area contributed by atoms with E-state index in [1.165, 1.54) is 11.2 Å². The van der Waals surface area contributed by atoms with Gasteiger partial charge < -0.3 is 14.4 Å². The normalized spacial score (nSPS) is 17.6. The van der Waals surface area contributed by atoms with Crippen molar-refractivity contribution in [3.63, 3.8) is 0 Å². The maximum atomic E-state index is 4.61. The molecule has 0 atom stereocenters. The van der Waals surface area contributed by atoms with E-state index in [0.717, 1.165) is 37.5 Å². The first-order chi connectivity index (χ1) is 8.65. The largest absolute Gasteiger partial charge is 0.369 e. The summed E-state index contributed by atoms with van der Waals surface area (Å²) < 4.78 is 2.14. The van der Waals surface area contributed by atoms with Crippen LogP contribution >= 0.6 is 0 Å². The van der Waals surface area contributed by atoms with Gasteiger partial charge in [-0.15, -0.1) is 0 Å². The molecule has 4 heteroatoms. The molecule has 0 aliphatic carbocycles. The van der Waals surface area contributed by atoms with Gasteiger partial charge in [0.1, 0.15) is 5.82 Å². The zero-order valence-corrected chi connectivity index (χ0v) is 11.3. The van der Waals surface area contributed by atoms with Crippen molar-refractivity contribution in [3.8, 4) is 0 Å². The number of anilines is 1. The third kappa shape index (κ3) is 1.86. The number of piperazine rings is 1. The third-order valence-corrected chi connectivity index (χ3v) is 3.96. The van der Waals surface area contributed by atoms with Crippen LogP contribution in [0.25, 0.3) is 11.0 Å². The van der Waals surface area contributed by atoms with Crippen LogP contribution in [0.2, 0.25) is 0 Å². The lowest BCUT2D eigenvalue weighted by Gasteiger charge is -2.34. The highest BCUT2D eigenvalue weighted by atomic mass is 15.2. The van der Waals surface area contributed by atoms with Crippen LogP contribution in [0.15, 0.2) is 18.2 Å². The van der Waals surface area contributed by atoms with Gasteiger partial charge in [0, 0.05) is 38.9 Å². The number of nitrogens with zero attached hydrogens (tertiary/aromatic N) is 4. The van der Waals surface area contributed by atoms with Gasteiger partial charge in [-0.25, -0.2) is 4.98 Å². The standard InChI is InChI=1S/C14H20N4/c1-11-15-13-10-12(4-5-14(13)17(11)3)18-8-6-16(2)7-9-18/h4-5,10H,6-9H2,1-3H3. The number of likely N-dealkylation sites (N-methyl/N-ethyl adjacent to an activating group) is 1. The third-order valence-electron chi connectivity index (χ3n) is 3.96. The fourth-order valence-corrected chi connectivity index (χ4v) is 2.57. The molecule has 18 heavy (non-hydrogen) atoms. The highest BCUT2D eigenvalue weighted by Crippen LogP contribution is 2.23. The van der Waals surface area contributed by atoms with Crippen LogP contribution in [0.4, 0.5) is 5.69 Å². The number of hydrogen-bond acceptors (Lipinski definition) is 3. The summed E-state index contributed by atoms with van der Waals surface area (Å²) in [7, 11) is 4.25. The first-order valence-electron chi connectivity index (χ1n) is 6.52. The molecule has 2 heterocycles. The molecule has 0 saturated carbocycles. The fourth-order valence-electron chi connectivity index (χ4n) is 2.57. The minimum Gasteiger partial charge on any atom is -0.369 e. The summed E-state index contributed by atoms with van der Waals surface area (Å²) in [6, 6.07) is 6.62. The molecule has 1 fully saturated rings. The maximum absolute atomic E-state index is 4.61. The van der Waals surface area contributed by atoms with Gasteiger partial charge in [-0.3, -0.25) is 0 Å². The Morgan fingerprint density at radius 3 is 2.50 bits per heavy atom. The van der Waals surface area contributed by atoms with Crippen LogP contribution < -0.4 is 4.90 Å². The molecule has 1 aromatic carbocycles. The van der Waals surface area contributed by atoms with Crippen molar-refractivity contribution < 1.29 is 0 Å². The minimum absolute atomic E-state index is 1.07. The first-order valence-corrected chi connectivity index (χ1v) is 6.52. The molecule has 0 N–H and O–H groups in total. The molecule has 96 valence electrons. The van der Waals surface area contributed by atoms with Gasteiger partial charge in [-0.05, 0) is 32.2 Å². The highest BCUT2D eigenvalue weighted by Gasteiger charge is 2.15. The Morgan fingerprint density at radius 2 is 1.78 bits per heavy atom. The molecular weight excluding hydrogens is 224 g/mol. The van der Waals surface area contributed by atoms with Crippen LogP contribution in [0.3, 0.4) is 0 Å². The van der Waals surface area contributed by atoms with Crippen LogP contribution in [0, 0.1) is 6.92 Å². The second-order valence-electron chi connectivity index (χ2n) is 5.18. The van der Waals surface area contributed by atoms with Crippen LogP contribution in [-0.4, -0.2) is 47.7 Å². The zero-order chi connectivity index (χ0) is 12.7. The maximum Gasteiger partial charge on any atom is 0.106 e. The van der Waals surface area contributed by atoms with Gasteiger partial charge in [0.05, 0.1) is 11.0 Å². The lowest BCUT2D eigenvalue weighted by molar-refractivity contribution is 0.313. The first kappa shape index (κ1) is 11.5. The van der Waals surface area contributed by atoms with Gasteiger partial charge in [0.15, 0.2) is 0 Å². The van der Waals surface area contributed by atoms with E-state index < -0.39 is 0 Å². The summed E-state index contributed by atoms with van der Waals surface area (Å²) >= 11 is 0. The summed E-state index contributed by atoms with van der Waals surface area (Å²) in [5, 5.41) is 0. The molecule has 0 amide bonds. The molecule has 1 aromatic heterocycles. The van der Waals surface area contributed by atoms with Crippen LogP contribution in [0.1, 0.15) is 5.82 Å². The van der Waals surface area contributed by atoms with E-state index in [4.69, 9.17) is 0 Å². The lowest BCUT2D eigenvalue weighted by atomic mass is 10.2. The van der Waals surface area contributed by atoms with E-state index in [9.17, 15) is 0 Å². The Morgan fingerprint density at radius 1 is 1.06 bits per heavy atom. The Hall–Kier alpha value is -1.55. The molecule has 2 aromatic rings. The van der Waals surface area contributed by atoms with E-state index in [2.05, 4.69) is 58.6 Å². The smallest absolute Gasteiger partial charge is 0.106 e. The Bertz CT molecular complexity index is 564. The molecule has 0 bridgehead atoms. The zero-order valence-electron chi connectivity index (χ0n) is 11.3. The molecule has 4 nitrogen and oxygen atoms in total. The molecule has 0 unspecified atom stereocenters. The second kappa shape index (κ2) is 4.28. The average molecular weight is 244 g/mol. The fraction of sp³-hybridized carbons (Fsp3) is 0.500. The lowest BCUT2D eigenvalue weighted by Crippen LogP contribution is -2.44. The van der Waals surface area contributed by atoms with Gasteiger partial charge in [0.25, 0.3) is 0 Å². The number of fused-ring (bicyclic) bond motifs is 1. The van der Waals surface area contributed by atoms with Crippen LogP contribution in [-0.2, 0) is 7.05 Å². The predicted octanol–water partition coefficient (Wildman–Crippen LogP) is 1.63. The average Bonchev–Trinajstić information content (AvgIpc) is 2.65. The van der Waals surface area contributed by atoms with E-state index >= 15 is 0 Å². The number of aromatic nitrogens is 2. The summed E-state index contributed by atoms with van der Waals surface area (Å²) in [5.74, 6) is 1.07. The van der Waals surface area contributed by atoms with Gasteiger partial charge in [-0.1, -0.05) is 0 Å². The second-order valence-corrected chi connectivity index (χ2v) is 5.18. The monoisotopic (exact) mass is 244 g/mol. The van der Waals surface area contributed by atoms with Crippen LogP contribution in [0.5, 0.6) is 0 Å². The number of benzene rings is 1. The van der Waals surface area contributed by atoms with Crippen molar-refractivity contribution in [1.29, 1.82) is 0 Å². The Balaban J connectivity index is 1.93. The van der Waals surface area contributed by atoms with Gasteiger partial charge in [-0.2, -0.15) is 0 Å². The number of imidazole rings is 1. The van der Waals surface area contributed by atoms with E-state index in [0.29, 0.717) is 0 Å². The molecule has 1 saturated heterocycles. The van der Waals surface area contributed by atoms with Crippen molar-refractivity contribution >= 4 is 16.7 Å². The summed E-state index contributed by atoms with van der Waals surface area (Å²) in [6.07, 6.45) is 0.